The number of carbonyl (C=O) groups excluding carboxylic acids is 2. The molecule has 2 aromatic carbocycles. The number of benzene rings is 2. The van der Waals surface area contributed by atoms with Crippen LogP contribution < -0.4 is 4.74 Å². The van der Waals surface area contributed by atoms with Crippen molar-refractivity contribution < 1.29 is 29.1 Å². The maximum Gasteiger partial charge on any atom is 0.514 e. The minimum absolute atomic E-state index is 0.106. The summed E-state index contributed by atoms with van der Waals surface area (Å²) in [6.07, 6.45) is -1.64. The minimum atomic E-state index is -1.15. The van der Waals surface area contributed by atoms with Gasteiger partial charge >= 0.3 is 11.8 Å². The number of ether oxygens (including phenoxy) is 2. The van der Waals surface area contributed by atoms with E-state index in [1.807, 2.05) is 6.92 Å². The summed E-state index contributed by atoms with van der Waals surface area (Å²) in [4.78, 5) is 34.5. The molecule has 0 radical (unpaired) electrons. The lowest BCUT2D eigenvalue weighted by molar-refractivity contribution is -0.385. The molecule has 8 nitrogen and oxygen atoms in total. The van der Waals surface area contributed by atoms with E-state index in [9.17, 15) is 24.8 Å². The van der Waals surface area contributed by atoms with Crippen LogP contribution in [0.5, 0.6) is 11.5 Å². The van der Waals surface area contributed by atoms with E-state index in [1.165, 1.54) is 0 Å². The number of nitrogens with zero attached hydrogens (tertiary/aromatic N) is 1. The lowest BCUT2D eigenvalue weighted by Gasteiger charge is -2.11. The van der Waals surface area contributed by atoms with Crippen LogP contribution in [0.2, 0.25) is 0 Å². The molecule has 2 aromatic rings. The van der Waals surface area contributed by atoms with E-state index >= 15 is 0 Å². The van der Waals surface area contributed by atoms with Crippen molar-refractivity contribution in [2.24, 2.45) is 0 Å². The number of rotatable bonds is 5. The van der Waals surface area contributed by atoms with Crippen molar-refractivity contribution in [2.45, 2.75) is 26.9 Å². The lowest BCUT2D eigenvalue weighted by Crippen LogP contribution is -2.16. The zero-order valence-electron chi connectivity index (χ0n) is 14.4. The average molecular weight is 359 g/mol. The molecular weight excluding hydrogens is 342 g/mol. The molecule has 0 aliphatic carbocycles. The van der Waals surface area contributed by atoms with Gasteiger partial charge in [0.15, 0.2) is 11.5 Å². The Morgan fingerprint density at radius 3 is 2.27 bits per heavy atom. The summed E-state index contributed by atoms with van der Waals surface area (Å²) in [6.45, 7) is 5.02. The Hall–Kier alpha value is -3.42. The third kappa shape index (κ3) is 4.35. The van der Waals surface area contributed by atoms with Crippen LogP contribution in [-0.2, 0) is 4.74 Å². The Balaban J connectivity index is 2.46. The highest BCUT2D eigenvalue weighted by molar-refractivity contribution is 6.09. The molecule has 0 heterocycles. The topological polar surface area (TPSA) is 116 Å². The first kappa shape index (κ1) is 18.9. The number of phenolic OH excluding ortho intramolecular Hbond substituents is 1. The van der Waals surface area contributed by atoms with E-state index in [0.717, 1.165) is 17.7 Å². The number of carbonyl (C=O) groups is 2. The highest BCUT2D eigenvalue weighted by atomic mass is 16.7. The summed E-state index contributed by atoms with van der Waals surface area (Å²) in [6, 6.07) is 8.58. The van der Waals surface area contributed by atoms with Crippen molar-refractivity contribution in [3.8, 4) is 11.5 Å². The lowest BCUT2D eigenvalue weighted by atomic mass is 10.0. The van der Waals surface area contributed by atoms with Gasteiger partial charge in [0, 0.05) is 17.2 Å². The maximum absolute atomic E-state index is 12.6. The van der Waals surface area contributed by atoms with Crippen LogP contribution in [0.15, 0.2) is 36.4 Å². The molecule has 0 spiro atoms. The van der Waals surface area contributed by atoms with Gasteiger partial charge in [0.1, 0.15) is 0 Å². The van der Waals surface area contributed by atoms with Crippen LogP contribution in [0.3, 0.4) is 0 Å². The molecule has 2 rings (SSSR count). The van der Waals surface area contributed by atoms with E-state index in [4.69, 9.17) is 9.47 Å². The SMILES string of the molecule is Cc1ccc(C(=O)c2cc(OC(=O)OC(C)C)c(O)c([N+](=O)[O-])c2)cc1. The summed E-state index contributed by atoms with van der Waals surface area (Å²) in [5.74, 6) is -1.91. The monoisotopic (exact) mass is 359 g/mol. The molecule has 0 fully saturated rings. The van der Waals surface area contributed by atoms with Gasteiger partial charge in [-0.25, -0.2) is 4.79 Å². The second-order valence-corrected chi connectivity index (χ2v) is 5.81. The number of hydrogen-bond donors (Lipinski definition) is 1. The summed E-state index contributed by atoms with van der Waals surface area (Å²) < 4.78 is 9.61. The van der Waals surface area contributed by atoms with Crippen LogP contribution in [0.4, 0.5) is 10.5 Å². The van der Waals surface area contributed by atoms with E-state index in [0.29, 0.717) is 5.56 Å². The summed E-state index contributed by atoms with van der Waals surface area (Å²) in [7, 11) is 0. The Labute approximate surface area is 149 Å². The fraction of sp³-hybridized carbons (Fsp3) is 0.222. The number of phenols is 1. The summed E-state index contributed by atoms with van der Waals surface area (Å²) in [5, 5.41) is 21.1. The number of aromatic hydroxyl groups is 1. The molecule has 0 aromatic heterocycles. The first-order valence-electron chi connectivity index (χ1n) is 7.70. The molecule has 0 saturated heterocycles. The molecule has 0 saturated carbocycles. The van der Waals surface area contributed by atoms with Crippen LogP contribution in [0.25, 0.3) is 0 Å². The predicted octanol–water partition coefficient (Wildman–Crippen LogP) is 3.76. The van der Waals surface area contributed by atoms with Gasteiger partial charge in [0.05, 0.1) is 11.0 Å². The van der Waals surface area contributed by atoms with Crippen molar-refractivity contribution in [2.75, 3.05) is 0 Å². The van der Waals surface area contributed by atoms with Crippen molar-refractivity contribution in [3.05, 3.63) is 63.2 Å². The molecule has 0 aliphatic heterocycles. The number of ketones is 1. The standard InChI is InChI=1S/C18H17NO7/c1-10(2)25-18(22)26-15-9-13(8-14(17(15)21)19(23)24)16(20)12-6-4-11(3)5-7-12/h4-10,21H,1-3H3. The molecule has 8 heteroatoms. The smallest absolute Gasteiger partial charge is 0.499 e. The van der Waals surface area contributed by atoms with E-state index in [2.05, 4.69) is 0 Å². The summed E-state index contributed by atoms with van der Waals surface area (Å²) >= 11 is 0. The second-order valence-electron chi connectivity index (χ2n) is 5.81. The minimum Gasteiger partial charge on any atom is -0.499 e. The predicted molar refractivity (Wildman–Crippen MR) is 91.6 cm³/mol. The normalized spacial score (nSPS) is 10.5. The third-order valence-corrected chi connectivity index (χ3v) is 3.35. The maximum atomic E-state index is 12.6. The highest BCUT2D eigenvalue weighted by Crippen LogP contribution is 2.38. The molecule has 1 N–H and O–H groups in total. The van der Waals surface area contributed by atoms with Crippen LogP contribution in [0.1, 0.15) is 35.3 Å². The Kier molecular flexibility index (Phi) is 5.56. The second kappa shape index (κ2) is 7.64. The fourth-order valence-electron chi connectivity index (χ4n) is 2.12. The number of nitro groups is 1. The van der Waals surface area contributed by atoms with E-state index in [-0.39, 0.29) is 5.56 Å². The van der Waals surface area contributed by atoms with Gasteiger partial charge < -0.3 is 14.6 Å². The molecule has 0 bridgehead atoms. The van der Waals surface area contributed by atoms with Crippen LogP contribution >= 0.6 is 0 Å². The first-order chi connectivity index (χ1) is 12.2. The molecule has 0 amide bonds. The van der Waals surface area contributed by atoms with Crippen molar-refractivity contribution in [1.29, 1.82) is 0 Å². The zero-order chi connectivity index (χ0) is 19.4. The quantitative estimate of drug-likeness (QED) is 0.284. The zero-order valence-corrected chi connectivity index (χ0v) is 14.4. The van der Waals surface area contributed by atoms with Gasteiger partial charge in [0.2, 0.25) is 5.75 Å². The number of nitro benzene ring substituents is 1. The number of hydrogen-bond acceptors (Lipinski definition) is 7. The van der Waals surface area contributed by atoms with Gasteiger partial charge in [0.25, 0.3) is 0 Å². The molecular formula is C18H17NO7. The molecule has 26 heavy (non-hydrogen) atoms. The van der Waals surface area contributed by atoms with Crippen molar-refractivity contribution in [1.82, 2.24) is 0 Å². The third-order valence-electron chi connectivity index (χ3n) is 3.35. The van der Waals surface area contributed by atoms with Crippen molar-refractivity contribution >= 4 is 17.6 Å². The van der Waals surface area contributed by atoms with Gasteiger partial charge in [-0.15, -0.1) is 0 Å². The molecule has 0 unspecified atom stereocenters. The molecule has 0 aliphatic rings. The highest BCUT2D eigenvalue weighted by Gasteiger charge is 2.25. The Morgan fingerprint density at radius 2 is 1.73 bits per heavy atom. The first-order valence-corrected chi connectivity index (χ1v) is 7.70. The Bertz CT molecular complexity index is 857. The number of aryl methyl sites for hydroxylation is 1. The van der Waals surface area contributed by atoms with E-state index < -0.39 is 40.2 Å². The largest absolute Gasteiger partial charge is 0.514 e. The molecule has 0 atom stereocenters. The van der Waals surface area contributed by atoms with Gasteiger partial charge in [-0.2, -0.15) is 0 Å². The van der Waals surface area contributed by atoms with Crippen LogP contribution in [-0.4, -0.2) is 28.1 Å². The Morgan fingerprint density at radius 1 is 1.12 bits per heavy atom. The summed E-state index contributed by atoms with van der Waals surface area (Å²) in [5.41, 5.74) is 0.381. The van der Waals surface area contributed by atoms with Gasteiger partial charge in [-0.1, -0.05) is 29.8 Å². The van der Waals surface area contributed by atoms with Crippen molar-refractivity contribution in [3.63, 3.8) is 0 Å². The average Bonchev–Trinajstić information content (AvgIpc) is 2.55. The van der Waals surface area contributed by atoms with Gasteiger partial charge in [-0.05, 0) is 26.8 Å². The van der Waals surface area contributed by atoms with E-state index in [1.54, 1.807) is 38.1 Å². The van der Waals surface area contributed by atoms with Gasteiger partial charge in [-0.3, -0.25) is 14.9 Å². The molecule has 136 valence electrons. The fourth-order valence-corrected chi connectivity index (χ4v) is 2.12. The van der Waals surface area contributed by atoms with Crippen LogP contribution in [0, 0.1) is 17.0 Å².